The van der Waals surface area contributed by atoms with Crippen LogP contribution in [0.3, 0.4) is 0 Å². The molecule has 3 nitrogen and oxygen atoms in total. The van der Waals surface area contributed by atoms with Gasteiger partial charge in [0.25, 0.3) is 0 Å². The fraction of sp³-hybridized carbons (Fsp3) is 0.0690. The molecule has 0 amide bonds. The van der Waals surface area contributed by atoms with Crippen molar-refractivity contribution < 1.29 is 0 Å². The highest BCUT2D eigenvalue weighted by Crippen LogP contribution is 2.37. The maximum absolute atomic E-state index is 2.65. The highest BCUT2D eigenvalue weighted by molar-refractivity contribution is 7.11. The molecule has 4 heteroatoms. The van der Waals surface area contributed by atoms with Crippen LogP contribution in [0.4, 0.5) is 51.2 Å². The van der Waals surface area contributed by atoms with Gasteiger partial charge in [-0.3, -0.25) is 0 Å². The lowest BCUT2D eigenvalue weighted by molar-refractivity contribution is 0.874. The van der Waals surface area contributed by atoms with E-state index in [1.807, 2.05) is 0 Å². The summed E-state index contributed by atoms with van der Waals surface area (Å²) in [7, 11) is -2.65. The van der Waals surface area contributed by atoms with E-state index in [0.717, 1.165) is 70.1 Å². The second-order valence-corrected chi connectivity index (χ2v) is 19.7. The van der Waals surface area contributed by atoms with Gasteiger partial charge in [-0.1, -0.05) is 165 Å². The first-order chi connectivity index (χ1) is 30.7. The average Bonchev–Trinajstić information content (AvgIpc) is 3.35. The van der Waals surface area contributed by atoms with E-state index in [0.29, 0.717) is 0 Å². The van der Waals surface area contributed by atoms with Gasteiger partial charge >= 0.3 is 0 Å². The van der Waals surface area contributed by atoms with Crippen LogP contribution in [-0.2, 0) is 0 Å². The van der Waals surface area contributed by atoms with E-state index in [1.165, 1.54) is 15.6 Å². The molecule has 0 saturated carbocycles. The first-order valence-corrected chi connectivity index (χ1v) is 24.0. The van der Waals surface area contributed by atoms with E-state index < -0.39 is 8.07 Å². The predicted octanol–water partition coefficient (Wildman–Crippen LogP) is 14.4. The van der Waals surface area contributed by atoms with Crippen LogP contribution in [-0.4, -0.2) is 8.07 Å². The van der Waals surface area contributed by atoms with Gasteiger partial charge in [0, 0.05) is 51.2 Å². The Hall–Kier alpha value is -7.40. The molecule has 0 heterocycles. The highest BCUT2D eigenvalue weighted by atomic mass is 28.3. The number of hydrogen-bond acceptors (Lipinski definition) is 3. The number of hydrogen-bond donors (Lipinski definition) is 0. The second kappa shape index (κ2) is 18.9. The van der Waals surface area contributed by atoms with Gasteiger partial charge < -0.3 is 14.7 Å². The number of para-hydroxylation sites is 6. The Morgan fingerprint density at radius 2 is 0.452 bits per heavy atom. The molecule has 9 rings (SSSR count). The van der Waals surface area contributed by atoms with Gasteiger partial charge in [0.05, 0.1) is 0 Å². The Morgan fingerprint density at radius 3 is 0.645 bits per heavy atom. The molecule has 0 radical (unpaired) electrons. The molecule has 9 aromatic rings. The van der Waals surface area contributed by atoms with Crippen molar-refractivity contribution in [2.45, 2.75) is 25.8 Å². The van der Waals surface area contributed by atoms with Crippen LogP contribution in [0.2, 0.25) is 6.04 Å². The third kappa shape index (κ3) is 8.34. The molecule has 302 valence electrons. The van der Waals surface area contributed by atoms with Gasteiger partial charge in [0.2, 0.25) is 0 Å². The van der Waals surface area contributed by atoms with E-state index in [9.17, 15) is 0 Å². The maximum Gasteiger partial charge on any atom is 0.148 e. The molecule has 0 aromatic heterocycles. The van der Waals surface area contributed by atoms with Gasteiger partial charge in [-0.25, -0.2) is 0 Å². The number of benzene rings is 9. The molecule has 0 unspecified atom stereocenters. The van der Waals surface area contributed by atoms with Crippen LogP contribution < -0.4 is 30.3 Å². The minimum absolute atomic E-state index is 1.09. The zero-order valence-corrected chi connectivity index (χ0v) is 36.2. The topological polar surface area (TPSA) is 9.72 Å². The molecule has 0 spiro atoms. The van der Waals surface area contributed by atoms with Gasteiger partial charge in [-0.2, -0.15) is 0 Å². The summed E-state index contributed by atoms with van der Waals surface area (Å²) in [6.07, 6.45) is 2.24. The Bertz CT molecular complexity index is 2310. The Kier molecular flexibility index (Phi) is 12.2. The normalized spacial score (nSPS) is 11.2. The lowest BCUT2D eigenvalue weighted by atomic mass is 10.2. The Labute approximate surface area is 368 Å². The zero-order chi connectivity index (χ0) is 42.0. The van der Waals surface area contributed by atoms with E-state index in [-0.39, 0.29) is 0 Å². The molecule has 0 aliphatic carbocycles. The lowest BCUT2D eigenvalue weighted by Gasteiger charge is -2.36. The second-order valence-electron chi connectivity index (χ2n) is 15.7. The summed E-state index contributed by atoms with van der Waals surface area (Å²) in [4.78, 5) is 7.06. The summed E-state index contributed by atoms with van der Waals surface area (Å²) in [6.45, 7) is 2.32. The zero-order valence-electron chi connectivity index (χ0n) is 35.2. The molecule has 0 aliphatic heterocycles. The summed E-state index contributed by atoms with van der Waals surface area (Å²) in [5.41, 5.74) is 10.2. The fourth-order valence-electron chi connectivity index (χ4n) is 8.86. The highest BCUT2D eigenvalue weighted by Gasteiger charge is 2.39. The van der Waals surface area contributed by atoms with E-state index in [4.69, 9.17) is 0 Å². The van der Waals surface area contributed by atoms with Crippen molar-refractivity contribution in [1.82, 2.24) is 0 Å². The molecule has 0 aliphatic rings. The molecule has 0 saturated heterocycles. The first kappa shape index (κ1) is 40.0. The van der Waals surface area contributed by atoms with E-state index >= 15 is 0 Å². The van der Waals surface area contributed by atoms with Gasteiger partial charge in [-0.15, -0.1) is 0 Å². The van der Waals surface area contributed by atoms with E-state index in [1.54, 1.807) is 0 Å². The smallest absolute Gasteiger partial charge is 0.148 e. The van der Waals surface area contributed by atoms with Crippen molar-refractivity contribution in [2.24, 2.45) is 0 Å². The van der Waals surface area contributed by atoms with E-state index in [2.05, 4.69) is 276 Å². The standard InChI is InChI=1S/C58H51N3Si/c1-2-3-46-62(56-40-34-53(35-41-56)59(47-22-10-4-11-23-47)48-24-12-5-13-25-48,57-42-36-54(37-43-57)60(49-26-14-6-15-27-49)50-28-16-7-17-29-50)58-44-38-55(39-45-58)61(51-30-18-8-19-31-51)52-32-20-9-21-33-52/h4-45H,2-3,46H2,1H3. The summed E-state index contributed by atoms with van der Waals surface area (Å²) in [6, 6.07) is 93.8. The van der Waals surface area contributed by atoms with Crippen molar-refractivity contribution in [3.63, 3.8) is 0 Å². The van der Waals surface area contributed by atoms with Crippen molar-refractivity contribution >= 4 is 74.8 Å². The van der Waals surface area contributed by atoms with Crippen LogP contribution in [0.5, 0.6) is 0 Å². The number of rotatable bonds is 15. The van der Waals surface area contributed by atoms with Crippen LogP contribution >= 0.6 is 0 Å². The summed E-state index contributed by atoms with van der Waals surface area (Å²) >= 11 is 0. The summed E-state index contributed by atoms with van der Waals surface area (Å²) in [5.74, 6) is 0. The van der Waals surface area contributed by atoms with Gasteiger partial charge in [0.15, 0.2) is 0 Å². The predicted molar refractivity (Wildman–Crippen MR) is 268 cm³/mol. The monoisotopic (exact) mass is 817 g/mol. The van der Waals surface area contributed by atoms with Crippen molar-refractivity contribution in [3.8, 4) is 0 Å². The molecule has 0 fully saturated rings. The molecule has 62 heavy (non-hydrogen) atoms. The Balaban J connectivity index is 1.20. The quantitative estimate of drug-likeness (QED) is 0.0754. The third-order valence-electron chi connectivity index (χ3n) is 11.8. The summed E-state index contributed by atoms with van der Waals surface area (Å²) < 4.78 is 0. The molecular formula is C58H51N3Si. The van der Waals surface area contributed by atoms with Gasteiger partial charge in [-0.05, 0) is 131 Å². The van der Waals surface area contributed by atoms with Gasteiger partial charge in [0.1, 0.15) is 8.07 Å². The Morgan fingerprint density at radius 1 is 0.258 bits per heavy atom. The van der Waals surface area contributed by atoms with Crippen LogP contribution in [0, 0.1) is 0 Å². The van der Waals surface area contributed by atoms with Crippen LogP contribution in [0.25, 0.3) is 0 Å². The lowest BCUT2D eigenvalue weighted by Crippen LogP contribution is -2.67. The molecule has 0 bridgehead atoms. The minimum Gasteiger partial charge on any atom is -0.311 e. The average molecular weight is 818 g/mol. The van der Waals surface area contributed by atoms with Crippen molar-refractivity contribution in [3.05, 3.63) is 255 Å². The first-order valence-electron chi connectivity index (χ1n) is 21.8. The molecule has 0 atom stereocenters. The largest absolute Gasteiger partial charge is 0.311 e. The fourth-order valence-corrected chi connectivity index (χ4v) is 13.8. The molecular weight excluding hydrogens is 767 g/mol. The van der Waals surface area contributed by atoms with Crippen LogP contribution in [0.15, 0.2) is 255 Å². The minimum atomic E-state index is -2.65. The SMILES string of the molecule is CCCC[Si](c1ccc(N(c2ccccc2)c2ccccc2)cc1)(c1ccc(N(c2ccccc2)c2ccccc2)cc1)c1ccc(N(c2ccccc2)c2ccccc2)cc1. The van der Waals surface area contributed by atoms with Crippen molar-refractivity contribution in [1.29, 1.82) is 0 Å². The van der Waals surface area contributed by atoms with Crippen LogP contribution in [0.1, 0.15) is 19.8 Å². The van der Waals surface area contributed by atoms with Crippen molar-refractivity contribution in [2.75, 3.05) is 14.7 Å². The maximum atomic E-state index is 2.43. The summed E-state index contributed by atoms with van der Waals surface area (Å²) in [5, 5.41) is 4.21. The third-order valence-corrected chi connectivity index (χ3v) is 16.9. The number of unbranched alkanes of at least 4 members (excludes halogenated alkanes) is 1. The molecule has 0 N–H and O–H groups in total. The number of anilines is 9. The number of nitrogens with zero attached hydrogens (tertiary/aromatic N) is 3. The molecule has 9 aromatic carbocycles.